The van der Waals surface area contributed by atoms with E-state index in [0.717, 1.165) is 12.6 Å². The number of allylic oxidation sites excluding steroid dienone is 1. The molecule has 0 bridgehead atoms. The average Bonchev–Trinajstić information content (AvgIpc) is 2.73. The molecule has 0 saturated carbocycles. The van der Waals surface area contributed by atoms with Gasteiger partial charge in [0.15, 0.2) is 0 Å². The second-order valence-corrected chi connectivity index (χ2v) is 3.51. The number of nitrogens with zero attached hydrogens (tertiary/aromatic N) is 1. The molecule has 2 unspecified atom stereocenters. The van der Waals surface area contributed by atoms with Crippen molar-refractivity contribution in [2.75, 3.05) is 13.6 Å². The van der Waals surface area contributed by atoms with E-state index >= 15 is 0 Å². The lowest BCUT2D eigenvalue weighted by atomic mass is 10.1. The van der Waals surface area contributed by atoms with Gasteiger partial charge in [0, 0.05) is 13.6 Å². The van der Waals surface area contributed by atoms with Gasteiger partial charge in [0.05, 0.1) is 17.2 Å². The van der Waals surface area contributed by atoms with E-state index in [1.807, 2.05) is 0 Å². The van der Waals surface area contributed by atoms with Crippen molar-refractivity contribution in [2.24, 2.45) is 5.73 Å². The van der Waals surface area contributed by atoms with E-state index in [4.69, 9.17) is 15.9 Å². The molecule has 7 heteroatoms. The Labute approximate surface area is 93.3 Å². The summed E-state index contributed by atoms with van der Waals surface area (Å²) < 4.78 is 5.54. The number of nitro groups is 1. The zero-order valence-electron chi connectivity index (χ0n) is 9.10. The lowest BCUT2D eigenvalue weighted by Gasteiger charge is -2.15. The second-order valence-electron chi connectivity index (χ2n) is 3.51. The molecule has 7 nitrogen and oxygen atoms in total. The molecule has 90 valence electrons. The van der Waals surface area contributed by atoms with E-state index in [1.165, 1.54) is 0 Å². The van der Waals surface area contributed by atoms with Crippen LogP contribution in [0.4, 0.5) is 0 Å². The molecule has 1 heterocycles. The normalized spacial score (nSPS) is 26.1. The van der Waals surface area contributed by atoms with E-state index in [1.54, 1.807) is 7.05 Å². The molecule has 1 saturated heterocycles. The number of likely N-dealkylation sites (N-methyl/N-ethyl adjacent to an activating group) is 1. The fourth-order valence-corrected chi connectivity index (χ4v) is 1.77. The van der Waals surface area contributed by atoms with Crippen molar-refractivity contribution in [1.29, 1.82) is 5.41 Å². The monoisotopic (exact) mass is 228 g/mol. The molecule has 0 radical (unpaired) electrons. The van der Waals surface area contributed by atoms with Gasteiger partial charge in [0.25, 0.3) is 0 Å². The lowest BCUT2D eigenvalue weighted by Crippen LogP contribution is -2.28. The minimum absolute atomic E-state index is 0.0490. The summed E-state index contributed by atoms with van der Waals surface area (Å²) in [6.07, 6.45) is 1.79. The maximum Gasteiger partial charge on any atom is 0.308 e. The number of rotatable bonds is 5. The highest BCUT2D eigenvalue weighted by molar-refractivity contribution is 5.73. The van der Waals surface area contributed by atoms with Crippen LogP contribution in [0.5, 0.6) is 0 Å². The van der Waals surface area contributed by atoms with Crippen LogP contribution >= 0.6 is 0 Å². The van der Waals surface area contributed by atoms with Gasteiger partial charge in [-0.15, -0.1) is 0 Å². The third-order valence-electron chi connectivity index (χ3n) is 2.57. The van der Waals surface area contributed by atoms with Crippen LogP contribution in [0.15, 0.2) is 11.4 Å². The van der Waals surface area contributed by atoms with E-state index in [-0.39, 0.29) is 17.9 Å². The molecular formula is C9H16N4O3. The second kappa shape index (κ2) is 5.57. The van der Waals surface area contributed by atoms with Gasteiger partial charge < -0.3 is 21.2 Å². The van der Waals surface area contributed by atoms with E-state index in [2.05, 4.69) is 5.32 Å². The zero-order chi connectivity index (χ0) is 12.1. The van der Waals surface area contributed by atoms with Crippen molar-refractivity contribution < 1.29 is 9.66 Å². The van der Waals surface area contributed by atoms with Crippen LogP contribution in [0, 0.1) is 15.5 Å². The molecule has 0 aliphatic carbocycles. The molecule has 1 fully saturated rings. The summed E-state index contributed by atoms with van der Waals surface area (Å²) in [5.41, 5.74) is 5.55. The van der Waals surface area contributed by atoms with Crippen molar-refractivity contribution >= 4 is 6.21 Å². The standard InChI is InChI=1S/C9H16N4O3/c1-12-9(7(5-11)13(14)15)8-3-2-6(4-10)16-8/h5-6,8,11-12H,2-4,10H2,1H3/b9-7+,11-5?. The Morgan fingerprint density at radius 2 is 2.44 bits per heavy atom. The highest BCUT2D eigenvalue weighted by atomic mass is 16.6. The number of hydrogen-bond acceptors (Lipinski definition) is 6. The maximum atomic E-state index is 10.7. The topological polar surface area (TPSA) is 114 Å². The van der Waals surface area contributed by atoms with Crippen LogP contribution in [0.3, 0.4) is 0 Å². The summed E-state index contributed by atoms with van der Waals surface area (Å²) in [4.78, 5) is 10.1. The SMILES string of the molecule is CN/C(=C(\C=N)[N+](=O)[O-])C1CCC(CN)O1. The smallest absolute Gasteiger partial charge is 0.308 e. The molecular weight excluding hydrogens is 212 g/mol. The van der Waals surface area contributed by atoms with Gasteiger partial charge in [0.2, 0.25) is 0 Å². The Morgan fingerprint density at radius 3 is 2.81 bits per heavy atom. The molecule has 16 heavy (non-hydrogen) atoms. The van der Waals surface area contributed by atoms with Crippen molar-refractivity contribution in [3.8, 4) is 0 Å². The molecule has 2 atom stereocenters. The summed E-state index contributed by atoms with van der Waals surface area (Å²) in [5.74, 6) is 0. The van der Waals surface area contributed by atoms with Gasteiger partial charge >= 0.3 is 5.70 Å². The minimum Gasteiger partial charge on any atom is -0.384 e. The first-order valence-electron chi connectivity index (χ1n) is 5.06. The zero-order valence-corrected chi connectivity index (χ0v) is 9.10. The van der Waals surface area contributed by atoms with Gasteiger partial charge in [-0.2, -0.15) is 0 Å². The lowest BCUT2D eigenvalue weighted by molar-refractivity contribution is -0.416. The molecule has 0 amide bonds. The number of ether oxygens (including phenoxy) is 1. The Kier molecular flexibility index (Phi) is 4.39. The highest BCUT2D eigenvalue weighted by Gasteiger charge is 2.31. The van der Waals surface area contributed by atoms with Gasteiger partial charge in [0.1, 0.15) is 11.8 Å². The Hall–Kier alpha value is -1.47. The highest BCUT2D eigenvalue weighted by Crippen LogP contribution is 2.24. The molecule has 1 rings (SSSR count). The average molecular weight is 228 g/mol. The summed E-state index contributed by atoms with van der Waals surface area (Å²) in [6.45, 7) is 0.409. The van der Waals surface area contributed by atoms with Crippen LogP contribution in [-0.2, 0) is 4.74 Å². The number of nitrogens with two attached hydrogens (primary N) is 1. The summed E-state index contributed by atoms with van der Waals surface area (Å²) in [7, 11) is 1.58. The Morgan fingerprint density at radius 1 is 1.75 bits per heavy atom. The molecule has 4 N–H and O–H groups in total. The van der Waals surface area contributed by atoms with Crippen LogP contribution in [-0.4, -0.2) is 36.9 Å². The van der Waals surface area contributed by atoms with Crippen molar-refractivity contribution in [3.05, 3.63) is 21.5 Å². The van der Waals surface area contributed by atoms with Crippen LogP contribution in [0.1, 0.15) is 12.8 Å². The van der Waals surface area contributed by atoms with Crippen molar-refractivity contribution in [2.45, 2.75) is 25.0 Å². The van der Waals surface area contributed by atoms with E-state index < -0.39 is 4.92 Å². The first-order valence-corrected chi connectivity index (χ1v) is 5.06. The Balaban J connectivity index is 2.89. The molecule has 0 aromatic rings. The van der Waals surface area contributed by atoms with Crippen molar-refractivity contribution in [1.82, 2.24) is 5.32 Å². The van der Waals surface area contributed by atoms with Gasteiger partial charge in [-0.05, 0) is 12.8 Å². The quantitative estimate of drug-likeness (QED) is 0.344. The van der Waals surface area contributed by atoms with Crippen LogP contribution in [0.2, 0.25) is 0 Å². The van der Waals surface area contributed by atoms with Gasteiger partial charge in [-0.1, -0.05) is 0 Å². The first kappa shape index (κ1) is 12.6. The van der Waals surface area contributed by atoms with Crippen molar-refractivity contribution in [3.63, 3.8) is 0 Å². The Bertz CT molecular complexity index is 316. The first-order chi connectivity index (χ1) is 7.63. The molecule has 0 aromatic heterocycles. The molecule has 0 spiro atoms. The van der Waals surface area contributed by atoms with Crippen LogP contribution in [0.25, 0.3) is 0 Å². The van der Waals surface area contributed by atoms with E-state index in [0.29, 0.717) is 18.7 Å². The van der Waals surface area contributed by atoms with Gasteiger partial charge in [-0.25, -0.2) is 0 Å². The number of nitrogens with one attached hydrogen (secondary N) is 2. The van der Waals surface area contributed by atoms with Gasteiger partial charge in [-0.3, -0.25) is 10.1 Å². The van der Waals surface area contributed by atoms with E-state index in [9.17, 15) is 10.1 Å². The molecule has 1 aliphatic heterocycles. The molecule has 0 aromatic carbocycles. The summed E-state index contributed by atoms with van der Waals surface area (Å²) in [5, 5.41) is 20.5. The minimum atomic E-state index is -0.585. The predicted molar refractivity (Wildman–Crippen MR) is 58.8 cm³/mol. The third-order valence-corrected chi connectivity index (χ3v) is 2.57. The summed E-state index contributed by atoms with van der Waals surface area (Å²) >= 11 is 0. The predicted octanol–water partition coefficient (Wildman–Crippen LogP) is -0.150. The van der Waals surface area contributed by atoms with Crippen LogP contribution < -0.4 is 11.1 Å². The largest absolute Gasteiger partial charge is 0.384 e. The fourth-order valence-electron chi connectivity index (χ4n) is 1.77. The number of hydrogen-bond donors (Lipinski definition) is 3. The summed E-state index contributed by atoms with van der Waals surface area (Å²) in [6, 6.07) is 0. The fraction of sp³-hybridized carbons (Fsp3) is 0.667. The molecule has 1 aliphatic rings. The maximum absolute atomic E-state index is 10.7. The third kappa shape index (κ3) is 2.56.